The third kappa shape index (κ3) is 3.98. The van der Waals surface area contributed by atoms with Gasteiger partial charge in [-0.15, -0.1) is 0 Å². The van der Waals surface area contributed by atoms with E-state index < -0.39 is 0 Å². The SMILES string of the molecule is CCc1cccc(C)c1-n1c(C)cc([C@@H]2[C@H](c3ccccn3)NC(=S)N2c2ccc(O)cc2)c1C. The van der Waals surface area contributed by atoms with Gasteiger partial charge in [-0.1, -0.05) is 31.2 Å². The lowest BCUT2D eigenvalue weighted by molar-refractivity contribution is 0.475. The van der Waals surface area contributed by atoms with Gasteiger partial charge in [0, 0.05) is 23.3 Å². The molecule has 3 heterocycles. The fourth-order valence-electron chi connectivity index (χ4n) is 5.32. The van der Waals surface area contributed by atoms with Crippen LogP contribution in [-0.4, -0.2) is 19.8 Å². The lowest BCUT2D eigenvalue weighted by Gasteiger charge is -2.28. The van der Waals surface area contributed by atoms with E-state index in [2.05, 4.69) is 71.7 Å². The maximum absolute atomic E-state index is 9.88. The van der Waals surface area contributed by atoms with Crippen LogP contribution in [0.4, 0.5) is 5.69 Å². The number of para-hydroxylation sites is 1. The number of hydrogen-bond donors (Lipinski definition) is 2. The number of pyridine rings is 1. The van der Waals surface area contributed by atoms with Gasteiger partial charge in [-0.3, -0.25) is 4.98 Å². The molecule has 5 rings (SSSR count). The molecule has 35 heavy (non-hydrogen) atoms. The molecule has 2 aromatic carbocycles. The summed E-state index contributed by atoms with van der Waals surface area (Å²) in [4.78, 5) is 6.83. The molecule has 6 heteroatoms. The number of nitrogens with one attached hydrogen (secondary N) is 1. The summed E-state index contributed by atoms with van der Waals surface area (Å²) in [6.07, 6.45) is 2.79. The Balaban J connectivity index is 1.71. The van der Waals surface area contributed by atoms with E-state index in [4.69, 9.17) is 12.2 Å². The number of aryl methyl sites for hydroxylation is 3. The topological polar surface area (TPSA) is 53.3 Å². The van der Waals surface area contributed by atoms with Crippen LogP contribution < -0.4 is 10.2 Å². The van der Waals surface area contributed by atoms with E-state index in [0.717, 1.165) is 17.8 Å². The smallest absolute Gasteiger partial charge is 0.174 e. The van der Waals surface area contributed by atoms with Crippen LogP contribution in [0, 0.1) is 20.8 Å². The predicted octanol–water partition coefficient (Wildman–Crippen LogP) is 6.24. The van der Waals surface area contributed by atoms with Crippen molar-refractivity contribution in [1.82, 2.24) is 14.9 Å². The minimum atomic E-state index is -0.117. The molecule has 0 bridgehead atoms. The number of phenolic OH excluding ortho intramolecular Hbond substituents is 1. The van der Waals surface area contributed by atoms with Crippen molar-refractivity contribution in [3.05, 3.63) is 107 Å². The summed E-state index contributed by atoms with van der Waals surface area (Å²) in [7, 11) is 0. The highest BCUT2D eigenvalue weighted by atomic mass is 32.1. The molecule has 1 aliphatic heterocycles. The molecule has 0 spiro atoms. The zero-order valence-electron chi connectivity index (χ0n) is 20.5. The molecule has 0 amide bonds. The van der Waals surface area contributed by atoms with Crippen LogP contribution in [0.5, 0.6) is 5.75 Å². The van der Waals surface area contributed by atoms with Crippen LogP contribution in [0.15, 0.2) is 72.9 Å². The molecule has 1 aliphatic rings. The van der Waals surface area contributed by atoms with E-state index in [0.29, 0.717) is 5.11 Å². The lowest BCUT2D eigenvalue weighted by atomic mass is 9.96. The zero-order chi connectivity index (χ0) is 24.7. The van der Waals surface area contributed by atoms with Crippen LogP contribution in [0.1, 0.15) is 52.8 Å². The molecular formula is C29H30N4OS. The summed E-state index contributed by atoms with van der Waals surface area (Å²) in [6, 6.07) is 21.8. The molecule has 4 aromatic rings. The molecule has 2 N–H and O–H groups in total. The number of hydrogen-bond acceptors (Lipinski definition) is 3. The second-order valence-electron chi connectivity index (χ2n) is 9.11. The van der Waals surface area contributed by atoms with Gasteiger partial charge in [0.05, 0.1) is 23.5 Å². The highest BCUT2D eigenvalue weighted by molar-refractivity contribution is 7.80. The van der Waals surface area contributed by atoms with Crippen molar-refractivity contribution in [1.29, 1.82) is 0 Å². The van der Waals surface area contributed by atoms with E-state index in [1.807, 2.05) is 36.5 Å². The van der Waals surface area contributed by atoms with Crippen LogP contribution in [0.2, 0.25) is 0 Å². The normalized spacial score (nSPS) is 17.6. The third-order valence-electron chi connectivity index (χ3n) is 6.94. The second kappa shape index (κ2) is 9.19. The maximum atomic E-state index is 9.88. The van der Waals surface area contributed by atoms with Gasteiger partial charge in [0.15, 0.2) is 5.11 Å². The first-order chi connectivity index (χ1) is 16.9. The number of rotatable bonds is 5. The molecule has 5 nitrogen and oxygen atoms in total. The van der Waals surface area contributed by atoms with Gasteiger partial charge in [0.1, 0.15) is 5.75 Å². The Labute approximate surface area is 212 Å². The summed E-state index contributed by atoms with van der Waals surface area (Å²) in [5.41, 5.74) is 9.29. The van der Waals surface area contributed by atoms with Gasteiger partial charge < -0.3 is 19.9 Å². The van der Waals surface area contributed by atoms with E-state index >= 15 is 0 Å². The number of phenols is 1. The van der Waals surface area contributed by atoms with Gasteiger partial charge in [0.2, 0.25) is 0 Å². The van der Waals surface area contributed by atoms with Gasteiger partial charge in [-0.25, -0.2) is 0 Å². The summed E-state index contributed by atoms with van der Waals surface area (Å²) >= 11 is 5.86. The zero-order valence-corrected chi connectivity index (χ0v) is 21.3. The Bertz CT molecular complexity index is 1380. The third-order valence-corrected chi connectivity index (χ3v) is 7.26. The number of anilines is 1. The number of aromatic hydroxyl groups is 1. The number of aromatic nitrogens is 2. The van der Waals surface area contributed by atoms with E-state index in [1.165, 1.54) is 33.8 Å². The molecule has 0 unspecified atom stereocenters. The molecule has 0 saturated carbocycles. The molecule has 1 fully saturated rings. The number of thiocarbonyl (C=S) groups is 1. The summed E-state index contributed by atoms with van der Waals surface area (Å²) in [5, 5.41) is 14.1. The van der Waals surface area contributed by atoms with Crippen molar-refractivity contribution < 1.29 is 5.11 Å². The Kier molecular flexibility index (Phi) is 6.07. The van der Waals surface area contributed by atoms with Crippen LogP contribution in [0.25, 0.3) is 5.69 Å². The standard InChI is InChI=1S/C29H30N4OS/c1-5-21-10-8-9-18(2)27(21)32-19(3)17-24(20(32)4)28-26(25-11-6-7-16-30-25)31-29(35)33(28)22-12-14-23(34)15-13-22/h6-17,26,28,34H,5H2,1-4H3,(H,31,35)/t26-,28+/m0/s1. The van der Waals surface area contributed by atoms with Crippen molar-refractivity contribution in [2.75, 3.05) is 4.90 Å². The summed E-state index contributed by atoms with van der Waals surface area (Å²) < 4.78 is 2.38. The highest BCUT2D eigenvalue weighted by Gasteiger charge is 2.42. The number of nitrogens with zero attached hydrogens (tertiary/aromatic N) is 3. The fourth-order valence-corrected chi connectivity index (χ4v) is 5.66. The number of benzene rings is 2. The molecule has 2 atom stereocenters. The van der Waals surface area contributed by atoms with Crippen molar-refractivity contribution in [2.24, 2.45) is 0 Å². The lowest BCUT2D eigenvalue weighted by Crippen LogP contribution is -2.29. The predicted molar refractivity (Wildman–Crippen MR) is 145 cm³/mol. The quantitative estimate of drug-likeness (QED) is 0.330. The van der Waals surface area contributed by atoms with Crippen LogP contribution in [0.3, 0.4) is 0 Å². The van der Waals surface area contributed by atoms with Gasteiger partial charge >= 0.3 is 0 Å². The Hall–Kier alpha value is -3.64. The molecule has 2 aromatic heterocycles. The minimum absolute atomic E-state index is 0.101. The Morgan fingerprint density at radius 2 is 1.77 bits per heavy atom. The maximum Gasteiger partial charge on any atom is 0.174 e. The van der Waals surface area contributed by atoms with Crippen molar-refractivity contribution in [2.45, 2.75) is 46.2 Å². The summed E-state index contributed by atoms with van der Waals surface area (Å²) in [5.74, 6) is 0.231. The molecule has 1 saturated heterocycles. The average molecular weight is 483 g/mol. The monoisotopic (exact) mass is 482 g/mol. The average Bonchev–Trinajstić information content (AvgIpc) is 3.35. The van der Waals surface area contributed by atoms with E-state index in [1.54, 1.807) is 12.1 Å². The first kappa shape index (κ1) is 23.1. The molecule has 178 valence electrons. The first-order valence-electron chi connectivity index (χ1n) is 12.0. The van der Waals surface area contributed by atoms with Gasteiger partial charge in [-0.2, -0.15) is 0 Å². The van der Waals surface area contributed by atoms with Crippen molar-refractivity contribution >= 4 is 23.0 Å². The van der Waals surface area contributed by atoms with E-state index in [-0.39, 0.29) is 17.8 Å². The molecule has 0 radical (unpaired) electrons. The van der Waals surface area contributed by atoms with Crippen LogP contribution in [-0.2, 0) is 6.42 Å². The minimum Gasteiger partial charge on any atom is -0.508 e. The van der Waals surface area contributed by atoms with Gasteiger partial charge in [-0.05, 0) is 98.6 Å². The van der Waals surface area contributed by atoms with Crippen molar-refractivity contribution in [3.8, 4) is 11.4 Å². The molecular weight excluding hydrogens is 452 g/mol. The summed E-state index contributed by atoms with van der Waals surface area (Å²) in [6.45, 7) is 8.75. The Morgan fingerprint density at radius 1 is 1.00 bits per heavy atom. The van der Waals surface area contributed by atoms with Crippen LogP contribution >= 0.6 is 12.2 Å². The Morgan fingerprint density at radius 3 is 2.46 bits per heavy atom. The highest BCUT2D eigenvalue weighted by Crippen LogP contribution is 2.44. The van der Waals surface area contributed by atoms with Crippen molar-refractivity contribution in [3.63, 3.8) is 0 Å². The van der Waals surface area contributed by atoms with E-state index in [9.17, 15) is 5.11 Å². The second-order valence-corrected chi connectivity index (χ2v) is 9.50. The first-order valence-corrected chi connectivity index (χ1v) is 12.4. The largest absolute Gasteiger partial charge is 0.508 e. The fraction of sp³-hybridized carbons (Fsp3) is 0.241. The molecule has 0 aliphatic carbocycles. The van der Waals surface area contributed by atoms with Gasteiger partial charge in [0.25, 0.3) is 0 Å².